The molecule has 22 heavy (non-hydrogen) atoms. The Morgan fingerprint density at radius 3 is 2.91 bits per heavy atom. The summed E-state index contributed by atoms with van der Waals surface area (Å²) in [5, 5.41) is 0. The minimum Gasteiger partial charge on any atom is -0.460 e. The van der Waals surface area contributed by atoms with E-state index in [1.807, 2.05) is 18.2 Å². The lowest BCUT2D eigenvalue weighted by atomic mass is 10.1. The van der Waals surface area contributed by atoms with E-state index in [9.17, 15) is 4.39 Å². The van der Waals surface area contributed by atoms with E-state index in [-0.39, 0.29) is 5.82 Å². The normalized spacial score (nSPS) is 22.9. The molecule has 0 aliphatic carbocycles. The predicted octanol–water partition coefficient (Wildman–Crippen LogP) is 3.37. The predicted molar refractivity (Wildman–Crippen MR) is 84.0 cm³/mol. The number of furan rings is 1. The second kappa shape index (κ2) is 5.86. The molecule has 1 atom stereocenters. The van der Waals surface area contributed by atoms with E-state index in [0.717, 1.165) is 38.0 Å². The van der Waals surface area contributed by atoms with Crippen molar-refractivity contribution in [2.75, 3.05) is 26.2 Å². The smallest absolute Gasteiger partial charge is 0.137 e. The van der Waals surface area contributed by atoms with Gasteiger partial charge in [0, 0.05) is 25.7 Å². The second-order valence-corrected chi connectivity index (χ2v) is 6.31. The monoisotopic (exact) mass is 300 g/mol. The van der Waals surface area contributed by atoms with Crippen molar-refractivity contribution in [1.29, 1.82) is 0 Å². The average molecular weight is 300 g/mol. The summed E-state index contributed by atoms with van der Waals surface area (Å²) >= 11 is 0. The zero-order valence-corrected chi connectivity index (χ0v) is 12.7. The Morgan fingerprint density at radius 1 is 1.09 bits per heavy atom. The molecule has 0 unspecified atom stereocenters. The first-order valence-corrected chi connectivity index (χ1v) is 8.09. The van der Waals surface area contributed by atoms with Crippen LogP contribution in [0.25, 0.3) is 11.3 Å². The maximum Gasteiger partial charge on any atom is 0.137 e. The summed E-state index contributed by atoms with van der Waals surface area (Å²) in [5.41, 5.74) is 0.536. The first kappa shape index (κ1) is 14.0. The Kier molecular flexibility index (Phi) is 3.72. The number of halogens is 1. The number of hydrogen-bond acceptors (Lipinski definition) is 3. The van der Waals surface area contributed by atoms with E-state index in [0.29, 0.717) is 11.3 Å². The summed E-state index contributed by atoms with van der Waals surface area (Å²) in [4.78, 5) is 5.06. The third-order valence-electron chi connectivity index (χ3n) is 4.85. The van der Waals surface area contributed by atoms with Crippen LogP contribution in [0.4, 0.5) is 4.39 Å². The van der Waals surface area contributed by atoms with Gasteiger partial charge < -0.3 is 4.42 Å². The molecule has 0 bridgehead atoms. The van der Waals surface area contributed by atoms with Crippen LogP contribution in [-0.4, -0.2) is 42.0 Å². The molecular weight excluding hydrogens is 279 g/mol. The molecule has 116 valence electrons. The van der Waals surface area contributed by atoms with E-state index in [1.165, 1.54) is 25.5 Å². The Morgan fingerprint density at radius 2 is 2.00 bits per heavy atom. The molecule has 2 aliphatic rings. The standard InChI is InChI=1S/C18H21FN2O/c19-17-6-2-1-5-16(17)18-8-7-15(22-18)13-20-10-11-21-9-3-4-14(21)12-20/h1-2,5-8,14H,3-4,9-13H2/t14-/m0/s1. The molecule has 4 rings (SSSR count). The Bertz CT molecular complexity index is 654. The highest BCUT2D eigenvalue weighted by molar-refractivity contribution is 5.58. The Balaban J connectivity index is 1.45. The summed E-state index contributed by atoms with van der Waals surface area (Å²) in [7, 11) is 0. The van der Waals surface area contributed by atoms with Gasteiger partial charge in [0.05, 0.1) is 12.1 Å². The molecule has 1 aromatic heterocycles. The molecule has 4 heteroatoms. The largest absolute Gasteiger partial charge is 0.460 e. The van der Waals surface area contributed by atoms with Crippen molar-refractivity contribution in [2.24, 2.45) is 0 Å². The third kappa shape index (κ3) is 2.69. The zero-order valence-electron chi connectivity index (χ0n) is 12.7. The maximum atomic E-state index is 13.8. The van der Waals surface area contributed by atoms with Gasteiger partial charge in [-0.05, 0) is 43.7 Å². The lowest BCUT2D eigenvalue weighted by Crippen LogP contribution is -2.49. The van der Waals surface area contributed by atoms with Crippen LogP contribution < -0.4 is 0 Å². The number of nitrogens with zero attached hydrogens (tertiary/aromatic N) is 2. The molecule has 3 heterocycles. The first-order chi connectivity index (χ1) is 10.8. The van der Waals surface area contributed by atoms with Crippen molar-refractivity contribution < 1.29 is 8.81 Å². The number of piperazine rings is 1. The highest BCUT2D eigenvalue weighted by Gasteiger charge is 2.30. The van der Waals surface area contributed by atoms with Gasteiger partial charge in [0.25, 0.3) is 0 Å². The lowest BCUT2D eigenvalue weighted by Gasteiger charge is -2.37. The summed E-state index contributed by atoms with van der Waals surface area (Å²) in [6.07, 6.45) is 2.64. The molecular formula is C18H21FN2O. The van der Waals surface area contributed by atoms with Crippen molar-refractivity contribution in [3.63, 3.8) is 0 Å². The summed E-state index contributed by atoms with van der Waals surface area (Å²) < 4.78 is 19.7. The molecule has 2 saturated heterocycles. The quantitative estimate of drug-likeness (QED) is 0.866. The molecule has 3 nitrogen and oxygen atoms in total. The molecule has 1 aromatic carbocycles. The molecule has 0 radical (unpaired) electrons. The number of fused-ring (bicyclic) bond motifs is 1. The molecule has 0 N–H and O–H groups in total. The maximum absolute atomic E-state index is 13.8. The van der Waals surface area contributed by atoms with Crippen LogP contribution in [0, 0.1) is 5.82 Å². The van der Waals surface area contributed by atoms with Gasteiger partial charge >= 0.3 is 0 Å². The summed E-state index contributed by atoms with van der Waals surface area (Å²) in [6, 6.07) is 11.3. The Labute approximate surface area is 130 Å². The van der Waals surface area contributed by atoms with Crippen molar-refractivity contribution in [3.8, 4) is 11.3 Å². The van der Waals surface area contributed by atoms with Crippen LogP contribution >= 0.6 is 0 Å². The SMILES string of the molecule is Fc1ccccc1-c1ccc(CN2CCN3CCC[C@H]3C2)o1. The highest BCUT2D eigenvalue weighted by atomic mass is 19.1. The highest BCUT2D eigenvalue weighted by Crippen LogP contribution is 2.27. The zero-order chi connectivity index (χ0) is 14.9. The minimum absolute atomic E-state index is 0.233. The van der Waals surface area contributed by atoms with Gasteiger partial charge in [-0.2, -0.15) is 0 Å². The van der Waals surface area contributed by atoms with E-state index >= 15 is 0 Å². The molecule has 0 saturated carbocycles. The fourth-order valence-corrected chi connectivity index (χ4v) is 3.69. The molecule has 2 aromatic rings. The van der Waals surface area contributed by atoms with Crippen molar-refractivity contribution in [2.45, 2.75) is 25.4 Å². The molecule has 2 aliphatic heterocycles. The van der Waals surface area contributed by atoms with Crippen LogP contribution in [0.1, 0.15) is 18.6 Å². The van der Waals surface area contributed by atoms with E-state index in [4.69, 9.17) is 4.42 Å². The molecule has 0 amide bonds. The van der Waals surface area contributed by atoms with E-state index in [1.54, 1.807) is 12.1 Å². The van der Waals surface area contributed by atoms with Crippen LogP contribution in [0.2, 0.25) is 0 Å². The fourth-order valence-electron chi connectivity index (χ4n) is 3.69. The van der Waals surface area contributed by atoms with Crippen molar-refractivity contribution >= 4 is 0 Å². The molecule has 2 fully saturated rings. The topological polar surface area (TPSA) is 19.6 Å². The van der Waals surface area contributed by atoms with Gasteiger partial charge in [-0.1, -0.05) is 12.1 Å². The van der Waals surface area contributed by atoms with Crippen molar-refractivity contribution in [3.05, 3.63) is 48.0 Å². The lowest BCUT2D eigenvalue weighted by molar-refractivity contribution is 0.0943. The van der Waals surface area contributed by atoms with Gasteiger partial charge in [0.1, 0.15) is 17.3 Å². The summed E-state index contributed by atoms with van der Waals surface area (Å²) in [6.45, 7) is 5.45. The van der Waals surface area contributed by atoms with Gasteiger partial charge in [0.2, 0.25) is 0 Å². The van der Waals surface area contributed by atoms with Crippen LogP contribution in [0.15, 0.2) is 40.8 Å². The molecule has 0 spiro atoms. The third-order valence-corrected chi connectivity index (χ3v) is 4.85. The minimum atomic E-state index is -0.233. The Hall–Kier alpha value is -1.65. The van der Waals surface area contributed by atoms with Crippen LogP contribution in [0.3, 0.4) is 0 Å². The average Bonchev–Trinajstić information content (AvgIpc) is 3.16. The number of hydrogen-bond donors (Lipinski definition) is 0. The first-order valence-electron chi connectivity index (χ1n) is 8.09. The summed E-state index contributed by atoms with van der Waals surface area (Å²) in [5.74, 6) is 1.31. The van der Waals surface area contributed by atoms with Crippen LogP contribution in [0.5, 0.6) is 0 Å². The van der Waals surface area contributed by atoms with E-state index < -0.39 is 0 Å². The van der Waals surface area contributed by atoms with Crippen molar-refractivity contribution in [1.82, 2.24) is 9.80 Å². The van der Waals surface area contributed by atoms with Gasteiger partial charge in [0.15, 0.2) is 0 Å². The van der Waals surface area contributed by atoms with Crippen LogP contribution in [-0.2, 0) is 6.54 Å². The number of rotatable bonds is 3. The second-order valence-electron chi connectivity index (χ2n) is 6.31. The van der Waals surface area contributed by atoms with Gasteiger partial charge in [-0.15, -0.1) is 0 Å². The van der Waals surface area contributed by atoms with Gasteiger partial charge in [-0.25, -0.2) is 4.39 Å². The fraction of sp³-hybridized carbons (Fsp3) is 0.444. The number of benzene rings is 1. The van der Waals surface area contributed by atoms with E-state index in [2.05, 4.69) is 9.80 Å². The van der Waals surface area contributed by atoms with Gasteiger partial charge in [-0.3, -0.25) is 9.80 Å².